The summed E-state index contributed by atoms with van der Waals surface area (Å²) in [6, 6.07) is 8.93. The number of likely N-dealkylation sites (N-methyl/N-ethyl adjacent to an activating group) is 1. The van der Waals surface area contributed by atoms with Crippen molar-refractivity contribution in [3.8, 4) is 0 Å². The van der Waals surface area contributed by atoms with Crippen molar-refractivity contribution in [3.63, 3.8) is 0 Å². The monoisotopic (exact) mass is 261 g/mol. The molecule has 19 heavy (non-hydrogen) atoms. The lowest BCUT2D eigenvalue weighted by molar-refractivity contribution is 0.104. The van der Waals surface area contributed by atoms with Crippen LogP contribution in [0.25, 0.3) is 0 Å². The maximum Gasteiger partial charge on any atom is 0.0434 e. The molecule has 0 heterocycles. The van der Waals surface area contributed by atoms with E-state index in [0.29, 0.717) is 6.04 Å². The molecule has 1 aliphatic carbocycles. The maximum absolute atomic E-state index is 5.90. The lowest BCUT2D eigenvalue weighted by atomic mass is 9.83. The molecular weight excluding hydrogens is 234 g/mol. The van der Waals surface area contributed by atoms with Gasteiger partial charge in [0.25, 0.3) is 0 Å². The summed E-state index contributed by atoms with van der Waals surface area (Å²) in [6.07, 6.45) is 6.09. The van der Waals surface area contributed by atoms with E-state index < -0.39 is 0 Å². The van der Waals surface area contributed by atoms with Gasteiger partial charge in [-0.15, -0.1) is 0 Å². The molecule has 3 nitrogen and oxygen atoms in total. The van der Waals surface area contributed by atoms with E-state index in [1.165, 1.54) is 36.8 Å². The summed E-state index contributed by atoms with van der Waals surface area (Å²) in [7, 11) is 4.38. The zero-order chi connectivity index (χ0) is 13.9. The van der Waals surface area contributed by atoms with Crippen LogP contribution < -0.4 is 11.3 Å². The van der Waals surface area contributed by atoms with Crippen LogP contribution in [0.2, 0.25) is 0 Å². The first-order chi connectivity index (χ1) is 9.10. The molecule has 1 aliphatic rings. The number of nitrogens with two attached hydrogens (primary N) is 1. The molecule has 0 aromatic heterocycles. The molecule has 1 aromatic carbocycles. The molecule has 1 saturated carbocycles. The topological polar surface area (TPSA) is 41.3 Å². The highest BCUT2D eigenvalue weighted by Crippen LogP contribution is 2.37. The van der Waals surface area contributed by atoms with Crippen LogP contribution in [0.5, 0.6) is 0 Å². The van der Waals surface area contributed by atoms with E-state index in [2.05, 4.69) is 55.6 Å². The number of nitrogens with zero attached hydrogens (tertiary/aromatic N) is 1. The minimum Gasteiger partial charge on any atom is -0.302 e. The summed E-state index contributed by atoms with van der Waals surface area (Å²) >= 11 is 0. The van der Waals surface area contributed by atoms with Gasteiger partial charge < -0.3 is 4.90 Å². The fraction of sp³-hybridized carbons (Fsp3) is 0.625. The Kier molecular flexibility index (Phi) is 4.61. The number of hydrogen-bond acceptors (Lipinski definition) is 3. The Bertz CT molecular complexity index is 408. The molecule has 1 atom stereocenters. The van der Waals surface area contributed by atoms with E-state index in [9.17, 15) is 0 Å². The van der Waals surface area contributed by atoms with Crippen LogP contribution in [0, 0.1) is 6.92 Å². The second-order valence-electron chi connectivity index (χ2n) is 6.05. The minimum atomic E-state index is 0.205. The SMILES string of the molecule is Cc1ccccc1CC(NN)C1(N(C)C)CCCC1. The molecule has 106 valence electrons. The van der Waals surface area contributed by atoms with Gasteiger partial charge in [0.05, 0.1) is 0 Å². The zero-order valence-electron chi connectivity index (χ0n) is 12.4. The van der Waals surface area contributed by atoms with Crippen molar-refractivity contribution in [3.05, 3.63) is 35.4 Å². The van der Waals surface area contributed by atoms with Gasteiger partial charge in [-0.25, -0.2) is 0 Å². The second-order valence-corrected chi connectivity index (χ2v) is 6.05. The first-order valence-corrected chi connectivity index (χ1v) is 7.28. The smallest absolute Gasteiger partial charge is 0.0434 e. The molecule has 2 rings (SSSR count). The summed E-state index contributed by atoms with van der Waals surface area (Å²) in [6.45, 7) is 2.18. The van der Waals surface area contributed by atoms with E-state index in [0.717, 1.165) is 6.42 Å². The lowest BCUT2D eigenvalue weighted by Gasteiger charge is -2.43. The number of benzene rings is 1. The van der Waals surface area contributed by atoms with E-state index in [4.69, 9.17) is 5.84 Å². The van der Waals surface area contributed by atoms with Gasteiger partial charge in [0.2, 0.25) is 0 Å². The van der Waals surface area contributed by atoms with Crippen LogP contribution in [-0.4, -0.2) is 30.6 Å². The zero-order valence-corrected chi connectivity index (χ0v) is 12.4. The highest BCUT2D eigenvalue weighted by Gasteiger charge is 2.42. The van der Waals surface area contributed by atoms with E-state index in [1.54, 1.807) is 0 Å². The van der Waals surface area contributed by atoms with E-state index in [1.807, 2.05) is 0 Å². The molecular formula is C16H27N3. The van der Waals surface area contributed by atoms with E-state index in [-0.39, 0.29) is 5.54 Å². The first-order valence-electron chi connectivity index (χ1n) is 7.28. The second kappa shape index (κ2) is 6.04. The summed E-state index contributed by atoms with van der Waals surface area (Å²) in [4.78, 5) is 2.38. The van der Waals surface area contributed by atoms with Crippen molar-refractivity contribution in [2.24, 2.45) is 5.84 Å². The van der Waals surface area contributed by atoms with Crippen LogP contribution >= 0.6 is 0 Å². The summed E-state index contributed by atoms with van der Waals surface area (Å²) < 4.78 is 0. The molecule has 1 fully saturated rings. The Morgan fingerprint density at radius 1 is 1.26 bits per heavy atom. The molecule has 3 N–H and O–H groups in total. The van der Waals surface area contributed by atoms with Gasteiger partial charge in [0.1, 0.15) is 0 Å². The molecule has 3 heteroatoms. The Morgan fingerprint density at radius 3 is 2.42 bits per heavy atom. The summed E-state index contributed by atoms with van der Waals surface area (Å²) in [5.74, 6) is 5.90. The molecule has 0 saturated heterocycles. The van der Waals surface area contributed by atoms with Crippen LogP contribution in [0.1, 0.15) is 36.8 Å². The van der Waals surface area contributed by atoms with Crippen molar-refractivity contribution >= 4 is 0 Å². The van der Waals surface area contributed by atoms with Gasteiger partial charge in [0, 0.05) is 11.6 Å². The third-order valence-electron chi connectivity index (χ3n) is 4.90. The normalized spacial score (nSPS) is 19.8. The molecule has 1 unspecified atom stereocenters. The highest BCUT2D eigenvalue weighted by atomic mass is 15.3. The number of aryl methyl sites for hydroxylation is 1. The molecule has 0 bridgehead atoms. The minimum absolute atomic E-state index is 0.205. The molecule has 0 amide bonds. The van der Waals surface area contributed by atoms with Crippen molar-refractivity contribution in [1.82, 2.24) is 10.3 Å². The van der Waals surface area contributed by atoms with Crippen molar-refractivity contribution in [2.75, 3.05) is 14.1 Å². The van der Waals surface area contributed by atoms with Gasteiger partial charge in [-0.05, 0) is 51.4 Å². The Hall–Kier alpha value is -0.900. The van der Waals surface area contributed by atoms with Gasteiger partial charge in [0.15, 0.2) is 0 Å². The van der Waals surface area contributed by atoms with Gasteiger partial charge in [-0.1, -0.05) is 37.1 Å². The van der Waals surface area contributed by atoms with Gasteiger partial charge in [-0.2, -0.15) is 0 Å². The predicted octanol–water partition coefficient (Wildman–Crippen LogP) is 2.24. The average Bonchev–Trinajstić information content (AvgIpc) is 2.88. The average molecular weight is 261 g/mol. The van der Waals surface area contributed by atoms with Crippen molar-refractivity contribution in [1.29, 1.82) is 0 Å². The quantitative estimate of drug-likeness (QED) is 0.631. The van der Waals surface area contributed by atoms with E-state index >= 15 is 0 Å². The van der Waals surface area contributed by atoms with Crippen LogP contribution in [-0.2, 0) is 6.42 Å². The third kappa shape index (κ3) is 2.83. The Balaban J connectivity index is 2.22. The highest BCUT2D eigenvalue weighted by molar-refractivity contribution is 5.27. The largest absolute Gasteiger partial charge is 0.302 e. The molecule has 0 radical (unpaired) electrons. The maximum atomic E-state index is 5.90. The Labute approximate surface area is 117 Å². The lowest BCUT2D eigenvalue weighted by Crippen LogP contribution is -2.60. The van der Waals surface area contributed by atoms with Crippen LogP contribution in [0.3, 0.4) is 0 Å². The fourth-order valence-electron chi connectivity index (χ4n) is 3.56. The fourth-order valence-corrected chi connectivity index (χ4v) is 3.56. The molecule has 0 aliphatic heterocycles. The summed E-state index contributed by atoms with van der Waals surface area (Å²) in [5, 5.41) is 0. The standard InChI is InChI=1S/C16H27N3/c1-13-8-4-5-9-14(13)12-15(18-17)16(19(2)3)10-6-7-11-16/h4-5,8-9,15,18H,6-7,10-12,17H2,1-3H3. The van der Waals surface area contributed by atoms with Crippen LogP contribution in [0.4, 0.5) is 0 Å². The Morgan fingerprint density at radius 2 is 1.89 bits per heavy atom. The number of rotatable bonds is 5. The van der Waals surface area contributed by atoms with Crippen LogP contribution in [0.15, 0.2) is 24.3 Å². The van der Waals surface area contributed by atoms with Gasteiger partial charge >= 0.3 is 0 Å². The predicted molar refractivity (Wildman–Crippen MR) is 80.9 cm³/mol. The molecule has 1 aromatic rings. The first kappa shape index (κ1) is 14.5. The van der Waals surface area contributed by atoms with Crippen molar-refractivity contribution < 1.29 is 0 Å². The number of hydrogen-bond donors (Lipinski definition) is 2. The molecule has 0 spiro atoms. The third-order valence-corrected chi connectivity index (χ3v) is 4.90. The van der Waals surface area contributed by atoms with Crippen molar-refractivity contribution in [2.45, 2.75) is 50.6 Å². The van der Waals surface area contributed by atoms with Gasteiger partial charge in [-0.3, -0.25) is 11.3 Å². The summed E-state index contributed by atoms with van der Waals surface area (Å²) in [5.41, 5.74) is 6.06. The number of hydrazine groups is 1. The number of nitrogens with one attached hydrogen (secondary N) is 1.